The zero-order valence-corrected chi connectivity index (χ0v) is 11.3. The summed E-state index contributed by atoms with van der Waals surface area (Å²) in [5.41, 5.74) is -0.479. The Morgan fingerprint density at radius 1 is 1.45 bits per heavy atom. The van der Waals surface area contributed by atoms with Crippen molar-refractivity contribution < 1.29 is 14.3 Å². The summed E-state index contributed by atoms with van der Waals surface area (Å²) < 4.78 is 10.1. The maximum atomic E-state index is 12.0. The molecule has 0 aliphatic carbocycles. The molecule has 0 aromatic carbocycles. The molecule has 2 heterocycles. The van der Waals surface area contributed by atoms with Crippen LogP contribution in [0.3, 0.4) is 0 Å². The molecule has 7 nitrogen and oxygen atoms in total. The molecule has 1 unspecified atom stereocenters. The summed E-state index contributed by atoms with van der Waals surface area (Å²) in [6.45, 7) is 3.63. The number of aliphatic hydroxyl groups excluding tert-OH is 1. The van der Waals surface area contributed by atoms with Crippen LogP contribution in [-0.4, -0.2) is 27.8 Å². The molecule has 2 rings (SSSR count). The summed E-state index contributed by atoms with van der Waals surface area (Å²) in [6.07, 6.45) is 0.388. The fourth-order valence-electron chi connectivity index (χ4n) is 1.77. The fourth-order valence-corrected chi connectivity index (χ4v) is 1.77. The van der Waals surface area contributed by atoms with Gasteiger partial charge in [0.15, 0.2) is 0 Å². The zero-order chi connectivity index (χ0) is 14.7. The third-order valence-corrected chi connectivity index (χ3v) is 2.94. The van der Waals surface area contributed by atoms with E-state index in [2.05, 4.69) is 9.97 Å². The van der Waals surface area contributed by atoms with Crippen molar-refractivity contribution in [2.45, 2.75) is 32.8 Å². The molecule has 20 heavy (non-hydrogen) atoms. The maximum absolute atomic E-state index is 12.0. The van der Waals surface area contributed by atoms with Gasteiger partial charge in [-0.2, -0.15) is 4.98 Å². The second-order valence-corrected chi connectivity index (χ2v) is 4.37. The summed E-state index contributed by atoms with van der Waals surface area (Å²) in [6, 6.07) is 1.20. The molecular weight excluding hydrogens is 264 g/mol. The smallest absolute Gasteiger partial charge is 0.337 e. The number of aromatic nitrogens is 2. The van der Waals surface area contributed by atoms with E-state index in [4.69, 9.17) is 9.15 Å². The molecule has 7 heteroatoms. The predicted molar refractivity (Wildman–Crippen MR) is 72.1 cm³/mol. The zero-order valence-electron chi connectivity index (χ0n) is 11.3. The first kappa shape index (κ1) is 14.3. The van der Waals surface area contributed by atoms with Crippen LogP contribution in [0.2, 0.25) is 0 Å². The molecule has 2 aromatic heterocycles. The number of nitrogens with one attached hydrogen (secondary N) is 1. The maximum Gasteiger partial charge on any atom is 0.337 e. The van der Waals surface area contributed by atoms with Crippen LogP contribution in [0.5, 0.6) is 6.01 Å². The second-order valence-electron chi connectivity index (χ2n) is 4.37. The first-order chi connectivity index (χ1) is 9.55. The van der Waals surface area contributed by atoms with Gasteiger partial charge in [0, 0.05) is 6.07 Å². The monoisotopic (exact) mass is 280 g/mol. The number of H-pyrrole nitrogens is 1. The van der Waals surface area contributed by atoms with Crippen molar-refractivity contribution in [2.24, 2.45) is 0 Å². The van der Waals surface area contributed by atoms with Crippen LogP contribution in [0.25, 0.3) is 11.1 Å². The molecule has 108 valence electrons. The van der Waals surface area contributed by atoms with E-state index in [0.717, 1.165) is 0 Å². The van der Waals surface area contributed by atoms with Crippen molar-refractivity contribution in [3.63, 3.8) is 0 Å². The second kappa shape index (κ2) is 5.87. The Morgan fingerprint density at radius 2 is 2.20 bits per heavy atom. The van der Waals surface area contributed by atoms with E-state index in [-0.39, 0.29) is 23.7 Å². The van der Waals surface area contributed by atoms with Gasteiger partial charge in [0.1, 0.15) is 12.0 Å². The van der Waals surface area contributed by atoms with E-state index in [9.17, 15) is 14.7 Å². The average molecular weight is 280 g/mol. The van der Waals surface area contributed by atoms with Crippen LogP contribution in [0.15, 0.2) is 20.1 Å². The Kier molecular flexibility index (Phi) is 4.19. The minimum atomic E-state index is -0.648. The van der Waals surface area contributed by atoms with E-state index in [1.807, 2.05) is 6.92 Å². The third kappa shape index (κ3) is 2.88. The SMILES string of the molecule is CCc1cc(=O)oc2nc(OCC(O)CC)[nH]c(=O)c12. The van der Waals surface area contributed by atoms with Gasteiger partial charge in [0.2, 0.25) is 5.71 Å². The standard InChI is InChI=1S/C13H16N2O5/c1-3-7-5-9(17)20-12-10(7)11(18)14-13(15-12)19-6-8(16)4-2/h5,8,16H,3-4,6H2,1-2H3,(H,14,15,18). The number of fused-ring (bicyclic) bond motifs is 1. The third-order valence-electron chi connectivity index (χ3n) is 2.94. The van der Waals surface area contributed by atoms with E-state index in [0.29, 0.717) is 18.4 Å². The summed E-state index contributed by atoms with van der Waals surface area (Å²) in [4.78, 5) is 29.8. The lowest BCUT2D eigenvalue weighted by molar-refractivity contribution is 0.0988. The average Bonchev–Trinajstić information content (AvgIpc) is 2.43. The van der Waals surface area contributed by atoms with Crippen LogP contribution in [0.4, 0.5) is 0 Å². The highest BCUT2D eigenvalue weighted by Crippen LogP contribution is 2.13. The van der Waals surface area contributed by atoms with Crippen LogP contribution >= 0.6 is 0 Å². The summed E-state index contributed by atoms with van der Waals surface area (Å²) in [7, 11) is 0. The molecule has 0 saturated carbocycles. The van der Waals surface area contributed by atoms with Gasteiger partial charge in [-0.3, -0.25) is 9.78 Å². The number of hydrogen-bond acceptors (Lipinski definition) is 6. The number of aliphatic hydroxyl groups is 1. The molecule has 2 aromatic rings. The number of nitrogens with zero attached hydrogens (tertiary/aromatic N) is 1. The van der Waals surface area contributed by atoms with Crippen LogP contribution in [-0.2, 0) is 6.42 Å². The quantitative estimate of drug-likeness (QED) is 0.830. The van der Waals surface area contributed by atoms with Gasteiger partial charge in [0.05, 0.1) is 6.10 Å². The van der Waals surface area contributed by atoms with Gasteiger partial charge in [-0.15, -0.1) is 0 Å². The lowest BCUT2D eigenvalue weighted by atomic mass is 10.1. The molecule has 0 aliphatic heterocycles. The Morgan fingerprint density at radius 3 is 2.85 bits per heavy atom. The molecule has 0 radical (unpaired) electrons. The lowest BCUT2D eigenvalue weighted by Crippen LogP contribution is -2.20. The number of ether oxygens (including phenoxy) is 1. The first-order valence-corrected chi connectivity index (χ1v) is 6.43. The highest BCUT2D eigenvalue weighted by Gasteiger charge is 2.13. The van der Waals surface area contributed by atoms with E-state index < -0.39 is 17.3 Å². The molecule has 0 fully saturated rings. The number of hydrogen-bond donors (Lipinski definition) is 2. The van der Waals surface area contributed by atoms with Gasteiger partial charge in [-0.25, -0.2) is 4.79 Å². The van der Waals surface area contributed by atoms with Crippen LogP contribution in [0.1, 0.15) is 25.8 Å². The van der Waals surface area contributed by atoms with Crippen LogP contribution in [0, 0.1) is 0 Å². The van der Waals surface area contributed by atoms with Gasteiger partial charge in [0.25, 0.3) is 11.6 Å². The highest BCUT2D eigenvalue weighted by molar-refractivity contribution is 5.75. The van der Waals surface area contributed by atoms with E-state index in [1.54, 1.807) is 6.92 Å². The summed E-state index contributed by atoms with van der Waals surface area (Å²) in [5, 5.41) is 9.66. The Balaban J connectivity index is 2.47. The van der Waals surface area contributed by atoms with Gasteiger partial charge in [-0.05, 0) is 18.4 Å². The minimum Gasteiger partial charge on any atom is -0.462 e. The van der Waals surface area contributed by atoms with Crippen molar-refractivity contribution in [1.29, 1.82) is 0 Å². The molecule has 0 aliphatic rings. The molecule has 0 saturated heterocycles. The van der Waals surface area contributed by atoms with Crippen molar-refractivity contribution in [3.8, 4) is 6.01 Å². The number of aryl methyl sites for hydroxylation is 1. The minimum absolute atomic E-state index is 0.00263. The Labute approximate surface area is 114 Å². The molecule has 0 spiro atoms. The fraction of sp³-hybridized carbons (Fsp3) is 0.462. The Hall–Kier alpha value is -2.15. The van der Waals surface area contributed by atoms with Crippen molar-refractivity contribution in [2.75, 3.05) is 6.61 Å². The predicted octanol–water partition coefficient (Wildman–Crippen LogP) is 0.588. The van der Waals surface area contributed by atoms with E-state index >= 15 is 0 Å². The van der Waals surface area contributed by atoms with Crippen molar-refractivity contribution >= 4 is 11.1 Å². The molecule has 1 atom stereocenters. The largest absolute Gasteiger partial charge is 0.462 e. The molecule has 2 N–H and O–H groups in total. The van der Waals surface area contributed by atoms with Gasteiger partial charge >= 0.3 is 5.63 Å². The molecule has 0 bridgehead atoms. The van der Waals surface area contributed by atoms with Crippen molar-refractivity contribution in [3.05, 3.63) is 32.4 Å². The van der Waals surface area contributed by atoms with Crippen molar-refractivity contribution in [1.82, 2.24) is 9.97 Å². The number of rotatable bonds is 5. The van der Waals surface area contributed by atoms with E-state index in [1.165, 1.54) is 6.07 Å². The van der Waals surface area contributed by atoms with Gasteiger partial charge < -0.3 is 14.3 Å². The lowest BCUT2D eigenvalue weighted by Gasteiger charge is -2.09. The molecule has 0 amide bonds. The highest BCUT2D eigenvalue weighted by atomic mass is 16.5. The van der Waals surface area contributed by atoms with Crippen LogP contribution < -0.4 is 15.9 Å². The number of aromatic amines is 1. The first-order valence-electron chi connectivity index (χ1n) is 6.43. The normalized spacial score (nSPS) is 12.6. The Bertz CT molecular complexity index is 719. The topological polar surface area (TPSA) is 105 Å². The summed E-state index contributed by atoms with van der Waals surface area (Å²) in [5.74, 6) is 0. The summed E-state index contributed by atoms with van der Waals surface area (Å²) >= 11 is 0. The molecular formula is C13H16N2O5. The van der Waals surface area contributed by atoms with Gasteiger partial charge in [-0.1, -0.05) is 13.8 Å².